The molecule has 0 atom stereocenters. The second-order valence-electron chi connectivity index (χ2n) is 4.00. The molecule has 0 radical (unpaired) electrons. The average Bonchev–Trinajstić information content (AvgIpc) is 2.46. The lowest BCUT2D eigenvalue weighted by atomic mass is 10.0. The molecule has 0 bridgehead atoms. The van der Waals surface area contributed by atoms with Gasteiger partial charge >= 0.3 is 0 Å². The van der Waals surface area contributed by atoms with Crippen LogP contribution < -0.4 is 0 Å². The van der Waals surface area contributed by atoms with Crippen molar-refractivity contribution in [1.29, 1.82) is 0 Å². The fourth-order valence-electron chi connectivity index (χ4n) is 1.79. The maximum Gasteiger partial charge on any atom is 0.115 e. The summed E-state index contributed by atoms with van der Waals surface area (Å²) in [5.41, 5.74) is 3.34. The molecule has 0 aromatic heterocycles. The molecule has 0 unspecified atom stereocenters. The molecule has 0 spiro atoms. The van der Waals surface area contributed by atoms with Crippen LogP contribution in [0, 0.1) is 0 Å². The Kier molecular flexibility index (Phi) is 4.15. The fraction of sp³-hybridized carbons (Fsp3) is 0.133. The minimum absolute atomic E-state index is 0.174. The number of benzene rings is 2. The van der Waals surface area contributed by atoms with Crippen LogP contribution in [0.15, 0.2) is 53.7 Å². The number of aliphatic hydroxyl groups is 1. The first kappa shape index (κ1) is 13.1. The quantitative estimate of drug-likeness (QED) is 0.653. The Balaban J connectivity index is 2.27. The minimum atomic E-state index is -0.174. The standard InChI is InChI=1S/C15H15NO3/c1-19-16-15(10-17)13-4-2-11(3-5-13)12-6-8-14(18)9-7-12/h2-9,17-18H,10H2,1H3/b16-15+. The highest BCUT2D eigenvalue weighted by Crippen LogP contribution is 2.22. The normalized spacial score (nSPS) is 11.4. The van der Waals surface area contributed by atoms with Gasteiger partial charge < -0.3 is 15.1 Å². The van der Waals surface area contributed by atoms with Crippen LogP contribution in [0.4, 0.5) is 0 Å². The molecule has 19 heavy (non-hydrogen) atoms. The topological polar surface area (TPSA) is 62.0 Å². The Morgan fingerprint density at radius 1 is 1.00 bits per heavy atom. The number of aliphatic hydroxyl groups excluding tert-OH is 1. The second-order valence-corrected chi connectivity index (χ2v) is 4.00. The lowest BCUT2D eigenvalue weighted by molar-refractivity contribution is 0.209. The van der Waals surface area contributed by atoms with Gasteiger partial charge in [0.15, 0.2) is 0 Å². The molecule has 0 saturated carbocycles. The molecule has 2 aromatic carbocycles. The monoisotopic (exact) mass is 257 g/mol. The predicted octanol–water partition coefficient (Wildman–Crippen LogP) is 2.40. The lowest BCUT2D eigenvalue weighted by Crippen LogP contribution is -2.06. The van der Waals surface area contributed by atoms with E-state index in [9.17, 15) is 10.2 Å². The summed E-state index contributed by atoms with van der Waals surface area (Å²) in [6.07, 6.45) is 0. The summed E-state index contributed by atoms with van der Waals surface area (Å²) in [5, 5.41) is 22.2. The van der Waals surface area contributed by atoms with E-state index >= 15 is 0 Å². The number of phenolic OH excluding ortho intramolecular Hbond substituents is 1. The molecule has 0 amide bonds. The van der Waals surface area contributed by atoms with E-state index < -0.39 is 0 Å². The summed E-state index contributed by atoms with van der Waals surface area (Å²) < 4.78 is 0. The average molecular weight is 257 g/mol. The van der Waals surface area contributed by atoms with Crippen molar-refractivity contribution in [3.05, 3.63) is 54.1 Å². The van der Waals surface area contributed by atoms with Crippen LogP contribution in [0.2, 0.25) is 0 Å². The molecule has 0 heterocycles. The largest absolute Gasteiger partial charge is 0.508 e. The van der Waals surface area contributed by atoms with E-state index in [0.717, 1.165) is 16.7 Å². The summed E-state index contributed by atoms with van der Waals surface area (Å²) >= 11 is 0. The number of hydrogen-bond acceptors (Lipinski definition) is 4. The fourth-order valence-corrected chi connectivity index (χ4v) is 1.79. The number of oxime groups is 1. The summed E-state index contributed by atoms with van der Waals surface area (Å²) in [4.78, 5) is 4.68. The van der Waals surface area contributed by atoms with Crippen molar-refractivity contribution in [2.45, 2.75) is 0 Å². The van der Waals surface area contributed by atoms with Gasteiger partial charge in [0.25, 0.3) is 0 Å². The Bertz CT molecular complexity index is 559. The third-order valence-corrected chi connectivity index (χ3v) is 2.77. The highest BCUT2D eigenvalue weighted by Gasteiger charge is 2.04. The molecule has 0 fully saturated rings. The molecule has 4 nitrogen and oxygen atoms in total. The van der Waals surface area contributed by atoms with Gasteiger partial charge in [-0.25, -0.2) is 0 Å². The molecule has 2 rings (SSSR count). The number of aromatic hydroxyl groups is 1. The predicted molar refractivity (Wildman–Crippen MR) is 74.2 cm³/mol. The van der Waals surface area contributed by atoms with Crippen LogP contribution in [0.5, 0.6) is 5.75 Å². The van der Waals surface area contributed by atoms with E-state index in [1.807, 2.05) is 36.4 Å². The molecule has 0 saturated heterocycles. The zero-order valence-electron chi connectivity index (χ0n) is 10.6. The van der Waals surface area contributed by atoms with Crippen LogP contribution in [0.3, 0.4) is 0 Å². The van der Waals surface area contributed by atoms with E-state index in [-0.39, 0.29) is 12.4 Å². The van der Waals surface area contributed by atoms with Gasteiger partial charge in [-0.15, -0.1) is 0 Å². The van der Waals surface area contributed by atoms with E-state index in [1.165, 1.54) is 7.11 Å². The summed E-state index contributed by atoms with van der Waals surface area (Å²) in [7, 11) is 1.44. The van der Waals surface area contributed by atoms with Crippen LogP contribution >= 0.6 is 0 Å². The van der Waals surface area contributed by atoms with Crippen molar-refractivity contribution < 1.29 is 15.1 Å². The van der Waals surface area contributed by atoms with E-state index in [2.05, 4.69) is 9.99 Å². The number of nitrogens with zero attached hydrogens (tertiary/aromatic N) is 1. The molecule has 4 heteroatoms. The van der Waals surface area contributed by atoms with Crippen LogP contribution in [-0.2, 0) is 4.84 Å². The van der Waals surface area contributed by atoms with Crippen LogP contribution in [0.1, 0.15) is 5.56 Å². The number of phenols is 1. The van der Waals surface area contributed by atoms with Gasteiger partial charge in [-0.05, 0) is 23.3 Å². The number of hydrogen-bond donors (Lipinski definition) is 2. The van der Waals surface area contributed by atoms with Crippen molar-refractivity contribution in [1.82, 2.24) is 0 Å². The Morgan fingerprint density at radius 3 is 2.00 bits per heavy atom. The maximum atomic E-state index is 9.25. The summed E-state index contributed by atoms with van der Waals surface area (Å²) in [6.45, 7) is -0.174. The summed E-state index contributed by atoms with van der Waals surface area (Å²) in [5.74, 6) is 0.246. The van der Waals surface area contributed by atoms with Gasteiger partial charge in [-0.1, -0.05) is 41.6 Å². The zero-order chi connectivity index (χ0) is 13.7. The van der Waals surface area contributed by atoms with E-state index in [4.69, 9.17) is 0 Å². The van der Waals surface area contributed by atoms with E-state index in [1.54, 1.807) is 12.1 Å². The van der Waals surface area contributed by atoms with E-state index in [0.29, 0.717) is 5.71 Å². The first-order valence-electron chi connectivity index (χ1n) is 5.85. The lowest BCUT2D eigenvalue weighted by Gasteiger charge is -2.05. The molecule has 0 aliphatic heterocycles. The van der Waals surface area contributed by atoms with Crippen molar-refractivity contribution in [2.75, 3.05) is 13.7 Å². The molecule has 2 N–H and O–H groups in total. The highest BCUT2D eigenvalue weighted by atomic mass is 16.6. The molecular formula is C15H15NO3. The molecule has 98 valence electrons. The van der Waals surface area contributed by atoms with Crippen molar-refractivity contribution >= 4 is 5.71 Å². The SMILES string of the molecule is CO/N=C(\CO)c1ccc(-c2ccc(O)cc2)cc1. The highest BCUT2D eigenvalue weighted by molar-refractivity contribution is 6.01. The van der Waals surface area contributed by atoms with Crippen molar-refractivity contribution in [2.24, 2.45) is 5.16 Å². The van der Waals surface area contributed by atoms with Gasteiger partial charge in [-0.2, -0.15) is 0 Å². The smallest absolute Gasteiger partial charge is 0.115 e. The maximum absolute atomic E-state index is 9.25. The molecule has 0 aliphatic carbocycles. The molecule has 2 aromatic rings. The van der Waals surface area contributed by atoms with Gasteiger partial charge in [0, 0.05) is 5.56 Å². The van der Waals surface area contributed by atoms with Crippen LogP contribution in [0.25, 0.3) is 11.1 Å². The molecule has 0 aliphatic rings. The van der Waals surface area contributed by atoms with Crippen molar-refractivity contribution in [3.8, 4) is 16.9 Å². The molecular weight excluding hydrogens is 242 g/mol. The van der Waals surface area contributed by atoms with Gasteiger partial charge in [0.05, 0.1) is 6.61 Å². The third kappa shape index (κ3) is 3.11. The Morgan fingerprint density at radius 2 is 1.53 bits per heavy atom. The van der Waals surface area contributed by atoms with Gasteiger partial charge in [0.2, 0.25) is 0 Å². The van der Waals surface area contributed by atoms with Gasteiger partial charge in [-0.3, -0.25) is 0 Å². The van der Waals surface area contributed by atoms with Crippen LogP contribution in [-0.4, -0.2) is 29.6 Å². The van der Waals surface area contributed by atoms with Crippen molar-refractivity contribution in [3.63, 3.8) is 0 Å². The Labute approximate surface area is 111 Å². The van der Waals surface area contributed by atoms with Gasteiger partial charge in [0.1, 0.15) is 18.6 Å². The number of rotatable bonds is 4. The minimum Gasteiger partial charge on any atom is -0.508 e. The Hall–Kier alpha value is -2.33. The second kappa shape index (κ2) is 6.02. The first-order chi connectivity index (χ1) is 9.24. The summed E-state index contributed by atoms with van der Waals surface area (Å²) in [6, 6.07) is 14.6. The zero-order valence-corrected chi connectivity index (χ0v) is 10.6. The first-order valence-corrected chi connectivity index (χ1v) is 5.85. The third-order valence-electron chi connectivity index (χ3n) is 2.77.